The summed E-state index contributed by atoms with van der Waals surface area (Å²) in [6.45, 7) is 1.86. The second-order valence-corrected chi connectivity index (χ2v) is 4.63. The summed E-state index contributed by atoms with van der Waals surface area (Å²) in [7, 11) is 0. The highest BCUT2D eigenvalue weighted by Gasteiger charge is 2.33. The SMILES string of the molecule is CC(C#N)(COCCCC(F)(F)F)NC1CC1. The van der Waals surface area contributed by atoms with Crippen molar-refractivity contribution in [1.82, 2.24) is 5.32 Å². The molecule has 0 spiro atoms. The molecular formula is C11H17F3N2O. The molecule has 0 aliphatic heterocycles. The van der Waals surface area contributed by atoms with Crippen molar-refractivity contribution < 1.29 is 17.9 Å². The third-order valence-electron chi connectivity index (χ3n) is 2.49. The summed E-state index contributed by atoms with van der Waals surface area (Å²) >= 11 is 0. The second-order valence-electron chi connectivity index (χ2n) is 4.63. The summed E-state index contributed by atoms with van der Waals surface area (Å²) in [6.07, 6.45) is -2.94. The first kappa shape index (κ1) is 14.3. The van der Waals surface area contributed by atoms with E-state index in [9.17, 15) is 13.2 Å². The molecule has 0 amide bonds. The smallest absolute Gasteiger partial charge is 0.378 e. The first-order valence-corrected chi connectivity index (χ1v) is 5.68. The molecule has 0 bridgehead atoms. The number of ether oxygens (including phenoxy) is 1. The van der Waals surface area contributed by atoms with Crippen molar-refractivity contribution in [3.05, 3.63) is 0 Å². The zero-order valence-electron chi connectivity index (χ0n) is 9.81. The quantitative estimate of drug-likeness (QED) is 0.705. The largest absolute Gasteiger partial charge is 0.389 e. The third kappa shape index (κ3) is 6.49. The van der Waals surface area contributed by atoms with E-state index in [0.29, 0.717) is 6.04 Å². The van der Waals surface area contributed by atoms with E-state index in [0.717, 1.165) is 12.8 Å². The van der Waals surface area contributed by atoms with Crippen LogP contribution in [0.3, 0.4) is 0 Å². The van der Waals surface area contributed by atoms with Gasteiger partial charge in [-0.05, 0) is 26.2 Å². The Balaban J connectivity index is 2.13. The van der Waals surface area contributed by atoms with Crippen LogP contribution < -0.4 is 5.32 Å². The van der Waals surface area contributed by atoms with Gasteiger partial charge in [0.15, 0.2) is 0 Å². The number of nitrogens with one attached hydrogen (secondary N) is 1. The maximum Gasteiger partial charge on any atom is 0.389 e. The minimum absolute atomic E-state index is 0.0309. The van der Waals surface area contributed by atoms with Crippen molar-refractivity contribution in [2.75, 3.05) is 13.2 Å². The molecule has 17 heavy (non-hydrogen) atoms. The van der Waals surface area contributed by atoms with Crippen molar-refractivity contribution in [2.24, 2.45) is 0 Å². The Morgan fingerprint density at radius 2 is 2.06 bits per heavy atom. The number of nitriles is 1. The molecule has 1 fully saturated rings. The van der Waals surface area contributed by atoms with E-state index < -0.39 is 18.1 Å². The normalized spacial score (nSPS) is 19.7. The topological polar surface area (TPSA) is 45.0 Å². The van der Waals surface area contributed by atoms with Crippen LogP contribution >= 0.6 is 0 Å². The lowest BCUT2D eigenvalue weighted by atomic mass is 10.1. The highest BCUT2D eigenvalue weighted by Crippen LogP contribution is 2.23. The van der Waals surface area contributed by atoms with Gasteiger partial charge in [0.25, 0.3) is 0 Å². The van der Waals surface area contributed by atoms with E-state index in [2.05, 4.69) is 11.4 Å². The van der Waals surface area contributed by atoms with Gasteiger partial charge in [-0.3, -0.25) is 5.32 Å². The molecule has 0 saturated heterocycles. The average Bonchev–Trinajstić information content (AvgIpc) is 2.99. The number of hydrogen-bond donors (Lipinski definition) is 1. The van der Waals surface area contributed by atoms with Crippen molar-refractivity contribution in [3.63, 3.8) is 0 Å². The first-order chi connectivity index (χ1) is 7.85. The van der Waals surface area contributed by atoms with Crippen LogP contribution in [0.5, 0.6) is 0 Å². The van der Waals surface area contributed by atoms with E-state index in [1.54, 1.807) is 6.92 Å². The summed E-state index contributed by atoms with van der Waals surface area (Å²) in [5.41, 5.74) is -0.792. The molecule has 0 radical (unpaired) electrons. The van der Waals surface area contributed by atoms with Crippen LogP contribution in [-0.2, 0) is 4.74 Å². The fourth-order valence-corrected chi connectivity index (χ4v) is 1.44. The lowest BCUT2D eigenvalue weighted by Crippen LogP contribution is -2.46. The molecule has 0 heterocycles. The van der Waals surface area contributed by atoms with Gasteiger partial charge >= 0.3 is 6.18 Å². The van der Waals surface area contributed by atoms with Crippen LogP contribution in [0, 0.1) is 11.3 Å². The van der Waals surface area contributed by atoms with Crippen molar-refractivity contribution >= 4 is 0 Å². The van der Waals surface area contributed by atoms with Gasteiger partial charge in [-0.25, -0.2) is 0 Å². The molecule has 1 atom stereocenters. The molecule has 0 aromatic rings. The Bertz CT molecular complexity index is 283. The van der Waals surface area contributed by atoms with Crippen molar-refractivity contribution in [1.29, 1.82) is 5.26 Å². The fourth-order valence-electron chi connectivity index (χ4n) is 1.44. The van der Waals surface area contributed by atoms with Gasteiger partial charge in [-0.15, -0.1) is 0 Å². The van der Waals surface area contributed by atoms with Crippen LogP contribution in [0.25, 0.3) is 0 Å². The van der Waals surface area contributed by atoms with Gasteiger partial charge < -0.3 is 4.74 Å². The maximum absolute atomic E-state index is 11.8. The molecule has 6 heteroatoms. The van der Waals surface area contributed by atoms with Crippen LogP contribution in [0.15, 0.2) is 0 Å². The molecule has 1 aliphatic carbocycles. The Kier molecular flexibility index (Phi) is 4.78. The molecule has 1 N–H and O–H groups in total. The summed E-state index contributed by atoms with van der Waals surface area (Å²) in [5.74, 6) is 0. The van der Waals surface area contributed by atoms with E-state index in [1.165, 1.54) is 0 Å². The minimum Gasteiger partial charge on any atom is -0.378 e. The number of rotatable bonds is 7. The van der Waals surface area contributed by atoms with E-state index in [-0.39, 0.29) is 19.6 Å². The number of alkyl halides is 3. The third-order valence-corrected chi connectivity index (χ3v) is 2.49. The summed E-state index contributed by atoms with van der Waals surface area (Å²) in [6, 6.07) is 2.46. The Morgan fingerprint density at radius 1 is 1.41 bits per heavy atom. The zero-order chi connectivity index (χ0) is 12.9. The van der Waals surface area contributed by atoms with Crippen molar-refractivity contribution in [2.45, 2.75) is 50.4 Å². The molecule has 1 rings (SSSR count). The Hall–Kier alpha value is -0.800. The summed E-state index contributed by atoms with van der Waals surface area (Å²) in [4.78, 5) is 0. The monoisotopic (exact) mass is 250 g/mol. The van der Waals surface area contributed by atoms with E-state index in [1.807, 2.05) is 0 Å². The highest BCUT2D eigenvalue weighted by atomic mass is 19.4. The first-order valence-electron chi connectivity index (χ1n) is 5.68. The maximum atomic E-state index is 11.8. The molecule has 3 nitrogen and oxygen atoms in total. The molecule has 1 aliphatic rings. The molecule has 98 valence electrons. The van der Waals surface area contributed by atoms with E-state index >= 15 is 0 Å². The van der Waals surface area contributed by atoms with Gasteiger partial charge in [0.1, 0.15) is 5.54 Å². The molecular weight excluding hydrogens is 233 g/mol. The van der Waals surface area contributed by atoms with Gasteiger partial charge in [-0.1, -0.05) is 0 Å². The molecule has 1 saturated carbocycles. The highest BCUT2D eigenvalue weighted by molar-refractivity contribution is 5.07. The number of hydrogen-bond acceptors (Lipinski definition) is 3. The standard InChI is InChI=1S/C11H17F3N2O/c1-10(7-15,16-9-3-4-9)8-17-6-2-5-11(12,13)14/h9,16H,2-6,8H2,1H3. The van der Waals surface area contributed by atoms with Gasteiger partial charge in [0, 0.05) is 19.1 Å². The van der Waals surface area contributed by atoms with Crippen molar-refractivity contribution in [3.8, 4) is 6.07 Å². The lowest BCUT2D eigenvalue weighted by molar-refractivity contribution is -0.138. The van der Waals surface area contributed by atoms with Gasteiger partial charge in [0.2, 0.25) is 0 Å². The predicted molar refractivity (Wildman–Crippen MR) is 56.3 cm³/mol. The number of nitrogens with zero attached hydrogens (tertiary/aromatic N) is 1. The number of halogens is 3. The molecule has 1 unspecified atom stereocenters. The molecule has 0 aromatic carbocycles. The minimum atomic E-state index is -4.13. The second kappa shape index (κ2) is 5.69. The van der Waals surface area contributed by atoms with Crippen LogP contribution in [-0.4, -0.2) is 31.0 Å². The molecule has 0 aromatic heterocycles. The lowest BCUT2D eigenvalue weighted by Gasteiger charge is -2.23. The summed E-state index contributed by atoms with van der Waals surface area (Å²) in [5, 5.41) is 12.1. The van der Waals surface area contributed by atoms with E-state index in [4.69, 9.17) is 10.00 Å². The Morgan fingerprint density at radius 3 is 2.53 bits per heavy atom. The average molecular weight is 250 g/mol. The zero-order valence-corrected chi connectivity index (χ0v) is 9.81. The van der Waals surface area contributed by atoms with Crippen LogP contribution in [0.1, 0.15) is 32.6 Å². The van der Waals surface area contributed by atoms with Gasteiger partial charge in [-0.2, -0.15) is 18.4 Å². The Labute approximate surface area is 98.9 Å². The fraction of sp³-hybridized carbons (Fsp3) is 0.909. The predicted octanol–water partition coefficient (Wildman–Crippen LogP) is 2.38. The summed E-state index contributed by atoms with van der Waals surface area (Å²) < 4.78 is 40.7. The van der Waals surface area contributed by atoms with Gasteiger partial charge in [0.05, 0.1) is 12.7 Å². The van der Waals surface area contributed by atoms with Crippen LogP contribution in [0.2, 0.25) is 0 Å². The van der Waals surface area contributed by atoms with Crippen LogP contribution in [0.4, 0.5) is 13.2 Å².